The van der Waals surface area contributed by atoms with E-state index in [-0.39, 0.29) is 11.3 Å². The second kappa shape index (κ2) is 12.2. The van der Waals surface area contributed by atoms with E-state index in [1.54, 1.807) is 84.8 Å². The second-order valence-electron chi connectivity index (χ2n) is 9.76. The predicted octanol–water partition coefficient (Wildman–Crippen LogP) is 5.38. The summed E-state index contributed by atoms with van der Waals surface area (Å²) in [5, 5.41) is 13.3. The minimum Gasteiger partial charge on any atom is -0.457 e. The second-order valence-corrected chi connectivity index (χ2v) is 9.76. The standard InChI is InChI=1S/C29H32N6O4/c1-29(2,3)25-19-26(35(34-25)22-9-5-20(6-10-22)27(36)31-17-18-38-4)33-28(37)32-21-7-11-23(12-8-21)39-24-13-15-30-16-14-24/h5-16,19H,17-18H2,1-4H3,(H,31,36)(H2,32,33,37). The fraction of sp³-hybridized carbons (Fsp3) is 0.241. The number of carbonyl (C=O) groups is 2. The van der Waals surface area contributed by atoms with Gasteiger partial charge in [-0.15, -0.1) is 0 Å². The molecule has 10 heteroatoms. The Morgan fingerprint density at radius 1 is 0.897 bits per heavy atom. The number of nitrogens with zero attached hydrogens (tertiary/aromatic N) is 3. The summed E-state index contributed by atoms with van der Waals surface area (Å²) < 4.78 is 12.4. The summed E-state index contributed by atoms with van der Waals surface area (Å²) in [5.74, 6) is 1.61. The first kappa shape index (κ1) is 27.3. The average Bonchev–Trinajstić information content (AvgIpc) is 3.35. The number of urea groups is 1. The number of hydrogen-bond donors (Lipinski definition) is 3. The first-order chi connectivity index (χ1) is 18.7. The normalized spacial score (nSPS) is 11.1. The summed E-state index contributed by atoms with van der Waals surface area (Å²) in [5.41, 5.74) is 2.37. The van der Waals surface area contributed by atoms with Crippen LogP contribution in [0.5, 0.6) is 11.5 Å². The van der Waals surface area contributed by atoms with Gasteiger partial charge in [0.05, 0.1) is 18.0 Å². The fourth-order valence-corrected chi connectivity index (χ4v) is 3.58. The number of anilines is 2. The molecule has 39 heavy (non-hydrogen) atoms. The van der Waals surface area contributed by atoms with E-state index in [1.807, 2.05) is 26.8 Å². The van der Waals surface area contributed by atoms with Gasteiger partial charge in [0.25, 0.3) is 5.91 Å². The first-order valence-electron chi connectivity index (χ1n) is 12.5. The Morgan fingerprint density at radius 2 is 1.56 bits per heavy atom. The molecule has 0 aliphatic rings. The molecule has 3 amide bonds. The van der Waals surface area contributed by atoms with E-state index in [0.717, 1.165) is 5.69 Å². The Balaban J connectivity index is 1.47. The third-order valence-corrected chi connectivity index (χ3v) is 5.68. The van der Waals surface area contributed by atoms with Crippen molar-refractivity contribution < 1.29 is 19.1 Å². The highest BCUT2D eigenvalue weighted by molar-refractivity contribution is 5.99. The van der Waals surface area contributed by atoms with E-state index in [4.69, 9.17) is 14.6 Å². The number of pyridine rings is 1. The lowest BCUT2D eigenvalue weighted by molar-refractivity contribution is 0.0937. The number of hydrogen-bond acceptors (Lipinski definition) is 6. The Bertz CT molecular complexity index is 1390. The Hall–Kier alpha value is -4.70. The minimum absolute atomic E-state index is 0.190. The maximum absolute atomic E-state index is 12.9. The highest BCUT2D eigenvalue weighted by Crippen LogP contribution is 2.27. The number of benzene rings is 2. The molecule has 0 bridgehead atoms. The van der Waals surface area contributed by atoms with E-state index in [2.05, 4.69) is 20.9 Å². The van der Waals surface area contributed by atoms with Gasteiger partial charge >= 0.3 is 6.03 Å². The van der Waals surface area contributed by atoms with E-state index in [1.165, 1.54) is 0 Å². The molecule has 0 saturated carbocycles. The van der Waals surface area contributed by atoms with Crippen LogP contribution in [0.1, 0.15) is 36.8 Å². The molecule has 4 rings (SSSR count). The van der Waals surface area contributed by atoms with E-state index < -0.39 is 6.03 Å². The lowest BCUT2D eigenvalue weighted by atomic mass is 9.92. The van der Waals surface area contributed by atoms with Crippen molar-refractivity contribution in [3.05, 3.63) is 90.4 Å². The van der Waals surface area contributed by atoms with Gasteiger partial charge in [-0.3, -0.25) is 15.1 Å². The molecule has 3 N–H and O–H groups in total. The van der Waals surface area contributed by atoms with Crippen molar-refractivity contribution in [2.45, 2.75) is 26.2 Å². The van der Waals surface area contributed by atoms with Crippen molar-refractivity contribution in [1.29, 1.82) is 0 Å². The van der Waals surface area contributed by atoms with Crippen LogP contribution in [0.2, 0.25) is 0 Å². The zero-order chi connectivity index (χ0) is 27.8. The van der Waals surface area contributed by atoms with Crippen LogP contribution in [0.15, 0.2) is 79.1 Å². The van der Waals surface area contributed by atoms with Crippen molar-refractivity contribution in [2.24, 2.45) is 0 Å². The third kappa shape index (κ3) is 7.42. The quantitative estimate of drug-likeness (QED) is 0.251. The van der Waals surface area contributed by atoms with Crippen LogP contribution < -0.4 is 20.7 Å². The maximum atomic E-state index is 12.9. The third-order valence-electron chi connectivity index (χ3n) is 5.68. The lowest BCUT2D eigenvalue weighted by Gasteiger charge is -2.14. The van der Waals surface area contributed by atoms with Gasteiger partial charge in [0.1, 0.15) is 17.3 Å². The van der Waals surface area contributed by atoms with Crippen molar-refractivity contribution in [3.8, 4) is 17.2 Å². The number of aromatic nitrogens is 3. The summed E-state index contributed by atoms with van der Waals surface area (Å²) in [7, 11) is 1.58. The highest BCUT2D eigenvalue weighted by Gasteiger charge is 2.22. The number of carbonyl (C=O) groups excluding carboxylic acids is 2. The van der Waals surface area contributed by atoms with Crippen LogP contribution in [0.25, 0.3) is 5.69 Å². The van der Waals surface area contributed by atoms with Crippen LogP contribution in [0, 0.1) is 0 Å². The number of ether oxygens (including phenoxy) is 2. The van der Waals surface area contributed by atoms with Gasteiger partial charge in [-0.05, 0) is 60.7 Å². The largest absolute Gasteiger partial charge is 0.457 e. The molecule has 2 aromatic heterocycles. The number of amides is 3. The molecule has 2 aromatic carbocycles. The van der Waals surface area contributed by atoms with Gasteiger partial charge in [0.15, 0.2) is 0 Å². The topological polar surface area (TPSA) is 119 Å². The molecule has 4 aromatic rings. The molecule has 0 aliphatic heterocycles. The number of nitrogens with one attached hydrogen (secondary N) is 3. The van der Waals surface area contributed by atoms with Crippen LogP contribution in [0.4, 0.5) is 16.3 Å². The smallest absolute Gasteiger partial charge is 0.324 e. The maximum Gasteiger partial charge on any atom is 0.324 e. The van der Waals surface area contributed by atoms with Gasteiger partial charge in [-0.2, -0.15) is 5.10 Å². The summed E-state index contributed by atoms with van der Waals surface area (Å²) in [4.78, 5) is 29.2. The van der Waals surface area contributed by atoms with Gasteiger partial charge in [0.2, 0.25) is 0 Å². The van der Waals surface area contributed by atoms with Crippen molar-refractivity contribution in [2.75, 3.05) is 30.9 Å². The summed E-state index contributed by atoms with van der Waals surface area (Å²) >= 11 is 0. The monoisotopic (exact) mass is 528 g/mol. The van der Waals surface area contributed by atoms with Crippen molar-refractivity contribution >= 4 is 23.4 Å². The first-order valence-corrected chi connectivity index (χ1v) is 12.5. The molecule has 0 spiro atoms. The summed E-state index contributed by atoms with van der Waals surface area (Å²) in [6, 6.07) is 19.0. The Kier molecular flexibility index (Phi) is 8.57. The summed E-state index contributed by atoms with van der Waals surface area (Å²) in [6.07, 6.45) is 3.31. The van der Waals surface area contributed by atoms with Gasteiger partial charge in [-0.1, -0.05) is 20.8 Å². The summed E-state index contributed by atoms with van der Waals surface area (Å²) in [6.45, 7) is 7.01. The number of methoxy groups -OCH3 is 1. The highest BCUT2D eigenvalue weighted by atomic mass is 16.5. The Morgan fingerprint density at radius 3 is 2.21 bits per heavy atom. The molecule has 202 valence electrons. The van der Waals surface area contributed by atoms with Crippen LogP contribution in [-0.2, 0) is 10.2 Å². The van der Waals surface area contributed by atoms with Crippen LogP contribution in [0.3, 0.4) is 0 Å². The molecule has 0 atom stereocenters. The van der Waals surface area contributed by atoms with Gasteiger partial charge < -0.3 is 20.1 Å². The Labute approximate surface area is 227 Å². The molecule has 0 radical (unpaired) electrons. The molecule has 0 saturated heterocycles. The predicted molar refractivity (Wildman–Crippen MR) is 150 cm³/mol. The zero-order valence-electron chi connectivity index (χ0n) is 22.4. The average molecular weight is 529 g/mol. The van der Waals surface area contributed by atoms with E-state index in [0.29, 0.717) is 47.4 Å². The fourth-order valence-electron chi connectivity index (χ4n) is 3.58. The van der Waals surface area contributed by atoms with E-state index in [9.17, 15) is 9.59 Å². The molecule has 0 unspecified atom stereocenters. The zero-order valence-corrected chi connectivity index (χ0v) is 22.4. The number of rotatable bonds is 9. The molecule has 0 fully saturated rings. The minimum atomic E-state index is -0.423. The van der Waals surface area contributed by atoms with Crippen molar-refractivity contribution in [3.63, 3.8) is 0 Å². The molecule has 2 heterocycles. The molecular weight excluding hydrogens is 496 g/mol. The SMILES string of the molecule is COCCNC(=O)c1ccc(-n2nc(C(C)(C)C)cc2NC(=O)Nc2ccc(Oc3ccncc3)cc2)cc1. The van der Waals surface area contributed by atoms with E-state index >= 15 is 0 Å². The van der Waals surface area contributed by atoms with Crippen LogP contribution >= 0.6 is 0 Å². The van der Waals surface area contributed by atoms with Gasteiger partial charge in [-0.25, -0.2) is 9.48 Å². The van der Waals surface area contributed by atoms with Crippen LogP contribution in [-0.4, -0.2) is 47.0 Å². The molecular formula is C29H32N6O4. The van der Waals surface area contributed by atoms with Gasteiger partial charge in [0, 0.05) is 48.8 Å². The van der Waals surface area contributed by atoms with Crippen molar-refractivity contribution in [1.82, 2.24) is 20.1 Å². The lowest BCUT2D eigenvalue weighted by Crippen LogP contribution is -2.26. The molecule has 10 nitrogen and oxygen atoms in total. The molecule has 0 aliphatic carbocycles.